The summed E-state index contributed by atoms with van der Waals surface area (Å²) in [6.45, 7) is 1.47. The Morgan fingerprint density at radius 1 is 1.14 bits per heavy atom. The summed E-state index contributed by atoms with van der Waals surface area (Å²) in [6.07, 6.45) is -4.68. The van der Waals surface area contributed by atoms with Gasteiger partial charge in [-0.2, -0.15) is 13.2 Å². The number of rotatable bonds is 6. The summed E-state index contributed by atoms with van der Waals surface area (Å²) in [6, 6.07) is 6.71. The lowest BCUT2D eigenvalue weighted by molar-refractivity contribution is -0.140. The summed E-state index contributed by atoms with van der Waals surface area (Å²) in [5.74, 6) is -0.703. The second-order valence-electron chi connectivity index (χ2n) is 4.22. The van der Waals surface area contributed by atoms with Crippen molar-refractivity contribution in [2.24, 2.45) is 0 Å². The lowest BCUT2D eigenvalue weighted by atomic mass is 10.2. The maximum absolute atomic E-state index is 13.0. The first kappa shape index (κ1) is 16.0. The SMILES string of the molecule is CCOc1onc(OCc2ccc(OC)cc2)c1C(F)(F)F. The molecule has 0 radical (unpaired) electrons. The van der Waals surface area contributed by atoms with Gasteiger partial charge in [0.2, 0.25) is 5.56 Å². The van der Waals surface area contributed by atoms with E-state index in [0.717, 1.165) is 0 Å². The molecule has 0 aliphatic heterocycles. The van der Waals surface area contributed by atoms with Gasteiger partial charge in [0.1, 0.15) is 12.4 Å². The van der Waals surface area contributed by atoms with E-state index < -0.39 is 23.6 Å². The number of hydrogen-bond donors (Lipinski definition) is 0. The van der Waals surface area contributed by atoms with Gasteiger partial charge < -0.3 is 18.7 Å². The Balaban J connectivity index is 2.15. The Kier molecular flexibility index (Phi) is 4.79. The molecule has 0 bridgehead atoms. The molecule has 0 aliphatic carbocycles. The van der Waals surface area contributed by atoms with Crippen LogP contribution < -0.4 is 14.2 Å². The molecule has 0 fully saturated rings. The van der Waals surface area contributed by atoms with E-state index in [-0.39, 0.29) is 13.2 Å². The zero-order valence-electron chi connectivity index (χ0n) is 11.9. The predicted molar refractivity (Wildman–Crippen MR) is 70.0 cm³/mol. The number of hydrogen-bond acceptors (Lipinski definition) is 5. The molecule has 22 heavy (non-hydrogen) atoms. The van der Waals surface area contributed by atoms with E-state index >= 15 is 0 Å². The monoisotopic (exact) mass is 317 g/mol. The lowest BCUT2D eigenvalue weighted by Gasteiger charge is -2.09. The van der Waals surface area contributed by atoms with E-state index in [9.17, 15) is 13.2 Å². The van der Waals surface area contributed by atoms with Crippen LogP contribution in [0.5, 0.6) is 17.6 Å². The van der Waals surface area contributed by atoms with Gasteiger partial charge in [-0.3, -0.25) is 0 Å². The molecule has 0 N–H and O–H groups in total. The summed E-state index contributed by atoms with van der Waals surface area (Å²) in [7, 11) is 1.52. The Morgan fingerprint density at radius 3 is 2.36 bits per heavy atom. The number of nitrogens with zero attached hydrogens (tertiary/aromatic N) is 1. The number of ether oxygens (including phenoxy) is 3. The highest BCUT2D eigenvalue weighted by atomic mass is 19.4. The number of alkyl halides is 3. The van der Waals surface area contributed by atoms with Crippen LogP contribution in [-0.2, 0) is 12.8 Å². The summed E-state index contributed by atoms with van der Waals surface area (Å²) in [5.41, 5.74) is -0.488. The smallest absolute Gasteiger partial charge is 0.428 e. The molecule has 0 atom stereocenters. The summed E-state index contributed by atoms with van der Waals surface area (Å²) in [5, 5.41) is 3.28. The van der Waals surface area contributed by atoms with Crippen LogP contribution in [0.4, 0.5) is 13.2 Å². The fourth-order valence-electron chi connectivity index (χ4n) is 1.70. The van der Waals surface area contributed by atoms with Crippen molar-refractivity contribution in [1.82, 2.24) is 5.16 Å². The highest BCUT2D eigenvalue weighted by molar-refractivity contribution is 5.36. The van der Waals surface area contributed by atoms with Gasteiger partial charge in [0.05, 0.1) is 13.7 Å². The molecular weight excluding hydrogens is 303 g/mol. The molecule has 2 aromatic rings. The molecule has 1 aromatic heterocycles. The quantitative estimate of drug-likeness (QED) is 0.813. The molecule has 0 saturated heterocycles. The zero-order chi connectivity index (χ0) is 16.2. The van der Waals surface area contributed by atoms with Crippen molar-refractivity contribution >= 4 is 0 Å². The third kappa shape index (κ3) is 3.63. The van der Waals surface area contributed by atoms with Gasteiger partial charge in [-0.25, -0.2) is 0 Å². The van der Waals surface area contributed by atoms with Gasteiger partial charge in [-0.15, -0.1) is 0 Å². The van der Waals surface area contributed by atoms with Gasteiger partial charge >= 0.3 is 12.1 Å². The maximum atomic E-state index is 13.0. The van der Waals surface area contributed by atoms with Crippen LogP contribution in [0.2, 0.25) is 0 Å². The Morgan fingerprint density at radius 2 is 1.82 bits per heavy atom. The highest BCUT2D eigenvalue weighted by Gasteiger charge is 2.43. The van der Waals surface area contributed by atoms with Crippen LogP contribution in [0.15, 0.2) is 28.8 Å². The van der Waals surface area contributed by atoms with Gasteiger partial charge in [0, 0.05) is 0 Å². The van der Waals surface area contributed by atoms with E-state index in [1.165, 1.54) is 7.11 Å². The molecule has 0 aliphatic rings. The van der Waals surface area contributed by atoms with Crippen LogP contribution in [-0.4, -0.2) is 18.9 Å². The minimum absolute atomic E-state index is 0.0240. The van der Waals surface area contributed by atoms with Crippen molar-refractivity contribution in [2.45, 2.75) is 19.7 Å². The molecule has 1 heterocycles. The van der Waals surface area contributed by atoms with E-state index in [0.29, 0.717) is 11.3 Å². The molecule has 0 spiro atoms. The molecular formula is C14H14F3NO4. The zero-order valence-corrected chi connectivity index (χ0v) is 11.9. The van der Waals surface area contributed by atoms with Crippen molar-refractivity contribution in [1.29, 1.82) is 0 Å². The number of benzene rings is 1. The normalized spacial score (nSPS) is 11.3. The topological polar surface area (TPSA) is 53.7 Å². The van der Waals surface area contributed by atoms with Crippen molar-refractivity contribution in [3.8, 4) is 17.6 Å². The van der Waals surface area contributed by atoms with Crippen LogP contribution in [0.3, 0.4) is 0 Å². The van der Waals surface area contributed by atoms with E-state index in [4.69, 9.17) is 14.2 Å². The lowest BCUT2D eigenvalue weighted by Crippen LogP contribution is -2.09. The van der Waals surface area contributed by atoms with Crippen LogP contribution in [0.25, 0.3) is 0 Å². The van der Waals surface area contributed by atoms with E-state index in [2.05, 4.69) is 9.68 Å². The first-order valence-corrected chi connectivity index (χ1v) is 6.41. The van der Waals surface area contributed by atoms with Crippen molar-refractivity contribution in [3.05, 3.63) is 35.4 Å². The minimum Gasteiger partial charge on any atom is -0.497 e. The van der Waals surface area contributed by atoms with E-state index in [1.807, 2.05) is 0 Å². The third-order valence-electron chi connectivity index (χ3n) is 2.72. The second-order valence-corrected chi connectivity index (χ2v) is 4.22. The molecule has 0 amide bonds. The predicted octanol–water partition coefficient (Wildman–Crippen LogP) is 3.68. The first-order valence-electron chi connectivity index (χ1n) is 6.41. The largest absolute Gasteiger partial charge is 0.497 e. The molecule has 8 heteroatoms. The third-order valence-corrected chi connectivity index (χ3v) is 2.72. The molecule has 120 valence electrons. The molecule has 0 unspecified atom stereocenters. The fourth-order valence-corrected chi connectivity index (χ4v) is 1.70. The van der Waals surface area contributed by atoms with Crippen molar-refractivity contribution < 1.29 is 31.9 Å². The Hall–Kier alpha value is -2.38. The molecule has 0 saturated carbocycles. The van der Waals surface area contributed by atoms with Gasteiger partial charge in [-0.1, -0.05) is 12.1 Å². The van der Waals surface area contributed by atoms with Crippen LogP contribution in [0, 0.1) is 0 Å². The number of methoxy groups -OCH3 is 1. The van der Waals surface area contributed by atoms with Crippen molar-refractivity contribution in [2.75, 3.05) is 13.7 Å². The standard InChI is InChI=1S/C14H14F3NO4/c1-3-20-13-11(14(15,16)17)12(18-22-13)21-8-9-4-6-10(19-2)7-5-9/h4-7H,3,8H2,1-2H3. The van der Waals surface area contributed by atoms with Gasteiger partial charge in [-0.05, 0) is 29.8 Å². The average molecular weight is 317 g/mol. The van der Waals surface area contributed by atoms with Gasteiger partial charge in [0.25, 0.3) is 5.88 Å². The molecule has 2 rings (SSSR count). The summed E-state index contributed by atoms with van der Waals surface area (Å²) < 4.78 is 58.5. The highest BCUT2D eigenvalue weighted by Crippen LogP contribution is 2.42. The first-order chi connectivity index (χ1) is 10.5. The van der Waals surface area contributed by atoms with Crippen LogP contribution >= 0.6 is 0 Å². The number of halogens is 3. The van der Waals surface area contributed by atoms with Gasteiger partial charge in [0.15, 0.2) is 0 Å². The summed E-state index contributed by atoms with van der Waals surface area (Å²) in [4.78, 5) is 0. The molecule has 5 nitrogen and oxygen atoms in total. The molecule has 1 aromatic carbocycles. The second kappa shape index (κ2) is 6.59. The van der Waals surface area contributed by atoms with Crippen molar-refractivity contribution in [3.63, 3.8) is 0 Å². The number of aromatic nitrogens is 1. The Bertz CT molecular complexity index is 608. The fraction of sp³-hybridized carbons (Fsp3) is 0.357. The average Bonchev–Trinajstić information content (AvgIpc) is 2.89. The summed E-state index contributed by atoms with van der Waals surface area (Å²) >= 11 is 0. The van der Waals surface area contributed by atoms with E-state index in [1.54, 1.807) is 31.2 Å². The Labute approximate surface area is 124 Å². The minimum atomic E-state index is -4.68. The van der Waals surface area contributed by atoms with Crippen LogP contribution in [0.1, 0.15) is 18.1 Å². The maximum Gasteiger partial charge on any atom is 0.428 e.